The van der Waals surface area contributed by atoms with Gasteiger partial charge >= 0.3 is 0 Å². The van der Waals surface area contributed by atoms with Gasteiger partial charge in [-0.25, -0.2) is 10.9 Å². The SMILES string of the molecule is NN(C(=O)c1ccccc1)C1=CC(=O)c2ccccc2C1=O. The van der Waals surface area contributed by atoms with Gasteiger partial charge in [-0.1, -0.05) is 42.5 Å². The van der Waals surface area contributed by atoms with E-state index in [4.69, 9.17) is 5.84 Å². The van der Waals surface area contributed by atoms with Crippen molar-refractivity contribution in [1.82, 2.24) is 5.01 Å². The van der Waals surface area contributed by atoms with Gasteiger partial charge in [0.05, 0.1) is 0 Å². The molecule has 0 unspecified atom stereocenters. The zero-order valence-corrected chi connectivity index (χ0v) is 11.5. The fraction of sp³-hybridized carbons (Fsp3) is 0. The molecule has 0 heterocycles. The van der Waals surface area contributed by atoms with Gasteiger partial charge in [-0.3, -0.25) is 14.4 Å². The van der Waals surface area contributed by atoms with E-state index in [1.807, 2.05) is 0 Å². The molecule has 3 rings (SSSR count). The second kappa shape index (κ2) is 5.38. The fourth-order valence-electron chi connectivity index (χ4n) is 2.31. The van der Waals surface area contributed by atoms with Crippen molar-refractivity contribution in [2.45, 2.75) is 0 Å². The van der Waals surface area contributed by atoms with Crippen LogP contribution in [0, 0.1) is 0 Å². The summed E-state index contributed by atoms with van der Waals surface area (Å²) in [6, 6.07) is 14.8. The third kappa shape index (κ3) is 2.23. The molecule has 1 aliphatic carbocycles. The molecule has 2 aromatic carbocycles. The number of carbonyl (C=O) groups excluding carboxylic acids is 3. The predicted molar refractivity (Wildman–Crippen MR) is 80.0 cm³/mol. The summed E-state index contributed by atoms with van der Waals surface area (Å²) in [5, 5.41) is 0.728. The van der Waals surface area contributed by atoms with E-state index in [2.05, 4.69) is 0 Å². The van der Waals surface area contributed by atoms with Crippen molar-refractivity contribution >= 4 is 17.5 Å². The van der Waals surface area contributed by atoms with Crippen molar-refractivity contribution in [3.05, 3.63) is 83.1 Å². The van der Waals surface area contributed by atoms with Crippen molar-refractivity contribution in [3.8, 4) is 0 Å². The van der Waals surface area contributed by atoms with E-state index in [0.29, 0.717) is 11.1 Å². The third-order valence-corrected chi connectivity index (χ3v) is 3.44. The molecule has 0 fully saturated rings. The number of carbonyl (C=O) groups is 3. The van der Waals surface area contributed by atoms with Gasteiger partial charge in [-0.15, -0.1) is 0 Å². The molecule has 0 radical (unpaired) electrons. The van der Waals surface area contributed by atoms with Gasteiger partial charge in [0.15, 0.2) is 5.78 Å². The molecule has 1 amide bonds. The molecule has 5 heteroatoms. The molecule has 0 atom stereocenters. The number of Topliss-reactive ketones (excluding diaryl/α,β-unsaturated/α-hetero) is 1. The summed E-state index contributed by atoms with van der Waals surface area (Å²) in [7, 11) is 0. The third-order valence-electron chi connectivity index (χ3n) is 3.44. The lowest BCUT2D eigenvalue weighted by molar-refractivity contribution is 0.0766. The number of fused-ring (bicyclic) bond motifs is 1. The van der Waals surface area contributed by atoms with Crippen molar-refractivity contribution in [2.75, 3.05) is 0 Å². The summed E-state index contributed by atoms with van der Waals surface area (Å²) in [6.45, 7) is 0. The van der Waals surface area contributed by atoms with Gasteiger partial charge in [0.2, 0.25) is 5.78 Å². The molecule has 0 saturated heterocycles. The number of allylic oxidation sites excluding steroid dienone is 2. The van der Waals surface area contributed by atoms with E-state index in [9.17, 15) is 14.4 Å². The monoisotopic (exact) mass is 292 g/mol. The Morgan fingerprint density at radius 3 is 2.14 bits per heavy atom. The van der Waals surface area contributed by atoms with Gasteiger partial charge in [0, 0.05) is 22.8 Å². The maximum absolute atomic E-state index is 12.4. The number of nitrogens with zero attached hydrogens (tertiary/aromatic N) is 1. The molecule has 2 aromatic rings. The number of nitrogens with two attached hydrogens (primary N) is 1. The summed E-state index contributed by atoms with van der Waals surface area (Å²) < 4.78 is 0. The largest absolute Gasteiger partial charge is 0.289 e. The average molecular weight is 292 g/mol. The first kappa shape index (κ1) is 13.9. The van der Waals surface area contributed by atoms with Crippen molar-refractivity contribution < 1.29 is 14.4 Å². The fourth-order valence-corrected chi connectivity index (χ4v) is 2.31. The lowest BCUT2D eigenvalue weighted by Crippen LogP contribution is -2.41. The van der Waals surface area contributed by atoms with Crippen LogP contribution < -0.4 is 5.84 Å². The molecule has 108 valence electrons. The molecule has 5 nitrogen and oxygen atoms in total. The Kier molecular flexibility index (Phi) is 3.40. The Balaban J connectivity index is 1.98. The van der Waals surface area contributed by atoms with Crippen LogP contribution in [0.1, 0.15) is 31.1 Å². The van der Waals surface area contributed by atoms with Crippen LogP contribution in [0.15, 0.2) is 66.4 Å². The van der Waals surface area contributed by atoms with Crippen molar-refractivity contribution in [3.63, 3.8) is 0 Å². The zero-order valence-electron chi connectivity index (χ0n) is 11.5. The first-order chi connectivity index (χ1) is 10.6. The van der Waals surface area contributed by atoms with Crippen LogP contribution in [0.2, 0.25) is 0 Å². The van der Waals surface area contributed by atoms with E-state index in [1.165, 1.54) is 0 Å². The molecule has 0 aromatic heterocycles. The number of rotatable bonds is 2. The Bertz CT molecular complexity index is 810. The lowest BCUT2D eigenvalue weighted by atomic mass is 9.92. The molecule has 22 heavy (non-hydrogen) atoms. The van der Waals surface area contributed by atoms with Gasteiger partial charge in [0.25, 0.3) is 5.91 Å². The van der Waals surface area contributed by atoms with Crippen LogP contribution >= 0.6 is 0 Å². The minimum atomic E-state index is -0.549. The van der Waals surface area contributed by atoms with E-state index in [1.54, 1.807) is 54.6 Å². The second-order valence-corrected chi connectivity index (χ2v) is 4.81. The number of hydrogen-bond donors (Lipinski definition) is 1. The molecular weight excluding hydrogens is 280 g/mol. The summed E-state index contributed by atoms with van der Waals surface area (Å²) >= 11 is 0. The van der Waals surface area contributed by atoms with E-state index in [0.717, 1.165) is 11.1 Å². The lowest BCUT2D eigenvalue weighted by Gasteiger charge is -2.22. The number of ketones is 2. The average Bonchev–Trinajstić information content (AvgIpc) is 2.57. The summed E-state index contributed by atoms with van der Waals surface area (Å²) in [5.74, 6) is 4.44. The number of amides is 1. The van der Waals surface area contributed by atoms with Crippen LogP contribution in [0.3, 0.4) is 0 Å². The molecular formula is C17H12N2O3. The minimum Gasteiger partial charge on any atom is -0.289 e. The predicted octanol–water partition coefficient (Wildman–Crippen LogP) is 1.97. The molecule has 0 spiro atoms. The first-order valence-corrected chi connectivity index (χ1v) is 6.63. The first-order valence-electron chi connectivity index (χ1n) is 6.63. The van der Waals surface area contributed by atoms with Gasteiger partial charge in [0.1, 0.15) is 5.70 Å². The maximum Gasteiger partial charge on any atom is 0.272 e. The van der Waals surface area contributed by atoms with Crippen LogP contribution in [0.25, 0.3) is 0 Å². The molecule has 0 aliphatic heterocycles. The Morgan fingerprint density at radius 1 is 0.864 bits per heavy atom. The normalized spacial score (nSPS) is 13.4. The summed E-state index contributed by atoms with van der Waals surface area (Å²) in [6.07, 6.45) is 1.10. The number of hydrazine groups is 1. The Hall–Kier alpha value is -3.05. The van der Waals surface area contributed by atoms with Gasteiger partial charge < -0.3 is 0 Å². The van der Waals surface area contributed by atoms with Gasteiger partial charge in [-0.2, -0.15) is 0 Å². The van der Waals surface area contributed by atoms with E-state index in [-0.39, 0.29) is 17.0 Å². The highest BCUT2D eigenvalue weighted by atomic mass is 16.2. The highest BCUT2D eigenvalue weighted by Crippen LogP contribution is 2.22. The van der Waals surface area contributed by atoms with Crippen LogP contribution in [-0.2, 0) is 0 Å². The summed E-state index contributed by atoms with van der Waals surface area (Å²) in [5.41, 5.74) is 0.778. The van der Waals surface area contributed by atoms with E-state index < -0.39 is 11.7 Å². The number of hydrogen-bond acceptors (Lipinski definition) is 4. The topological polar surface area (TPSA) is 80.5 Å². The van der Waals surface area contributed by atoms with Crippen molar-refractivity contribution in [1.29, 1.82) is 0 Å². The zero-order chi connectivity index (χ0) is 15.7. The number of benzene rings is 2. The highest BCUT2D eigenvalue weighted by Gasteiger charge is 2.30. The standard InChI is InChI=1S/C17H12N2O3/c18-19(17(22)11-6-2-1-3-7-11)14-10-15(20)12-8-4-5-9-13(12)16(14)21/h1-10H,18H2. The second-order valence-electron chi connectivity index (χ2n) is 4.81. The molecule has 0 saturated carbocycles. The quantitative estimate of drug-likeness (QED) is 0.521. The van der Waals surface area contributed by atoms with E-state index >= 15 is 0 Å². The molecule has 2 N–H and O–H groups in total. The van der Waals surface area contributed by atoms with Crippen LogP contribution in [0.4, 0.5) is 0 Å². The highest BCUT2D eigenvalue weighted by molar-refractivity contribution is 6.25. The molecule has 1 aliphatic rings. The van der Waals surface area contributed by atoms with Crippen LogP contribution in [0.5, 0.6) is 0 Å². The Labute approximate surface area is 126 Å². The molecule has 0 bridgehead atoms. The van der Waals surface area contributed by atoms with Crippen molar-refractivity contribution in [2.24, 2.45) is 5.84 Å². The smallest absolute Gasteiger partial charge is 0.272 e. The summed E-state index contributed by atoms with van der Waals surface area (Å²) in [4.78, 5) is 36.8. The maximum atomic E-state index is 12.4. The minimum absolute atomic E-state index is 0.127. The van der Waals surface area contributed by atoms with Gasteiger partial charge in [-0.05, 0) is 12.1 Å². The van der Waals surface area contributed by atoms with Crippen LogP contribution in [-0.4, -0.2) is 22.5 Å². The Morgan fingerprint density at radius 2 is 1.45 bits per heavy atom.